The third-order valence-electron chi connectivity index (χ3n) is 5.65. The number of hydrogen-bond acceptors (Lipinski definition) is 7. The molecule has 3 aromatic carbocycles. The van der Waals surface area contributed by atoms with Crippen molar-refractivity contribution in [2.24, 2.45) is 0 Å². The third kappa shape index (κ3) is 3.89. The number of imide groups is 1. The van der Waals surface area contributed by atoms with Crippen LogP contribution in [-0.4, -0.2) is 40.4 Å². The molecule has 0 saturated carbocycles. The second kappa shape index (κ2) is 8.57. The van der Waals surface area contributed by atoms with Crippen LogP contribution < -0.4 is 4.72 Å². The number of anilines is 1. The Morgan fingerprint density at radius 2 is 1.79 bits per heavy atom. The first kappa shape index (κ1) is 22.6. The van der Waals surface area contributed by atoms with Gasteiger partial charge in [-0.2, -0.15) is 8.75 Å². The number of hydrogen-bond donors (Lipinski definition) is 1. The minimum atomic E-state index is -4.12. The number of nitrogens with zero attached hydrogens (tertiary/aromatic N) is 3. The number of sulfonamides is 1. The SMILES string of the molecule is CC(CN1C(=O)c2cc(Br)cc(NS(=O)(=O)c3cccc4nsnc34)c2C1=O)c1ccccc1. The molecule has 1 unspecified atom stereocenters. The van der Waals surface area contributed by atoms with E-state index in [-0.39, 0.29) is 39.7 Å². The van der Waals surface area contributed by atoms with Crippen LogP contribution in [0.2, 0.25) is 0 Å². The highest BCUT2D eigenvalue weighted by molar-refractivity contribution is 9.10. The van der Waals surface area contributed by atoms with Crippen molar-refractivity contribution in [1.29, 1.82) is 0 Å². The van der Waals surface area contributed by atoms with E-state index in [0.717, 1.165) is 22.2 Å². The molecule has 0 saturated heterocycles. The molecule has 0 bridgehead atoms. The maximum absolute atomic E-state index is 13.3. The normalized spacial score (nSPS) is 14.5. The van der Waals surface area contributed by atoms with Crippen molar-refractivity contribution in [2.45, 2.75) is 17.7 Å². The summed E-state index contributed by atoms with van der Waals surface area (Å²) in [6.45, 7) is 2.10. The van der Waals surface area contributed by atoms with E-state index < -0.39 is 21.8 Å². The molecule has 2 heterocycles. The Balaban J connectivity index is 1.51. The van der Waals surface area contributed by atoms with Gasteiger partial charge in [0.15, 0.2) is 0 Å². The van der Waals surface area contributed by atoms with Gasteiger partial charge in [0.25, 0.3) is 21.8 Å². The van der Waals surface area contributed by atoms with Crippen molar-refractivity contribution >= 4 is 66.2 Å². The lowest BCUT2D eigenvalue weighted by atomic mass is 10.0. The Hall–Kier alpha value is -3.15. The molecule has 5 rings (SSSR count). The number of nitrogens with one attached hydrogen (secondary N) is 1. The first-order valence-electron chi connectivity index (χ1n) is 10.2. The molecule has 0 spiro atoms. The van der Waals surface area contributed by atoms with Gasteiger partial charge in [0.05, 0.1) is 28.5 Å². The van der Waals surface area contributed by atoms with E-state index in [1.807, 2.05) is 37.3 Å². The number of carbonyl (C=O) groups excluding carboxylic acids is 2. The highest BCUT2D eigenvalue weighted by Gasteiger charge is 2.39. The van der Waals surface area contributed by atoms with Gasteiger partial charge in [0.1, 0.15) is 15.9 Å². The van der Waals surface area contributed by atoms with Crippen LogP contribution in [0.4, 0.5) is 5.69 Å². The third-order valence-corrected chi connectivity index (χ3v) is 8.04. The Bertz CT molecular complexity index is 1550. The van der Waals surface area contributed by atoms with E-state index in [0.29, 0.717) is 9.99 Å². The summed E-state index contributed by atoms with van der Waals surface area (Å²) in [5.74, 6) is -1.10. The van der Waals surface area contributed by atoms with Crippen molar-refractivity contribution in [1.82, 2.24) is 13.6 Å². The summed E-state index contributed by atoms with van der Waals surface area (Å²) in [7, 11) is -4.12. The number of carbonyl (C=O) groups is 2. The minimum Gasteiger partial charge on any atom is -0.279 e. The summed E-state index contributed by atoms with van der Waals surface area (Å²) in [5, 5.41) is 0. The average molecular weight is 557 g/mol. The lowest BCUT2D eigenvalue weighted by molar-refractivity contribution is 0.0647. The van der Waals surface area contributed by atoms with Gasteiger partial charge in [-0.25, -0.2) is 8.42 Å². The number of rotatable bonds is 6. The maximum atomic E-state index is 13.3. The van der Waals surface area contributed by atoms with Crippen LogP contribution in [0.5, 0.6) is 0 Å². The zero-order valence-electron chi connectivity index (χ0n) is 17.7. The van der Waals surface area contributed by atoms with Gasteiger partial charge in [-0.3, -0.25) is 19.2 Å². The van der Waals surface area contributed by atoms with Gasteiger partial charge in [0.2, 0.25) is 0 Å². The quantitative estimate of drug-likeness (QED) is 0.346. The smallest absolute Gasteiger partial charge is 0.264 e. The zero-order chi connectivity index (χ0) is 24.0. The summed E-state index contributed by atoms with van der Waals surface area (Å²) >= 11 is 4.24. The van der Waals surface area contributed by atoms with Gasteiger partial charge >= 0.3 is 0 Å². The minimum absolute atomic E-state index is 0.0257. The fourth-order valence-corrected chi connectivity index (χ4v) is 6.27. The van der Waals surface area contributed by atoms with Gasteiger partial charge in [-0.05, 0) is 35.7 Å². The second-order valence-corrected chi connectivity index (χ2v) is 11.0. The number of benzene rings is 3. The predicted molar refractivity (Wildman–Crippen MR) is 133 cm³/mol. The van der Waals surface area contributed by atoms with Crippen molar-refractivity contribution < 1.29 is 18.0 Å². The molecular formula is C23H17BrN4O4S2. The number of fused-ring (bicyclic) bond motifs is 2. The molecule has 1 N–H and O–H groups in total. The van der Waals surface area contributed by atoms with Crippen LogP contribution in [0.1, 0.15) is 39.1 Å². The molecule has 172 valence electrons. The molecule has 4 aromatic rings. The molecule has 0 radical (unpaired) electrons. The summed E-state index contributed by atoms with van der Waals surface area (Å²) < 4.78 is 37.6. The lowest BCUT2D eigenvalue weighted by Crippen LogP contribution is -2.33. The van der Waals surface area contributed by atoms with E-state index in [2.05, 4.69) is 29.4 Å². The maximum Gasteiger partial charge on any atom is 0.264 e. The van der Waals surface area contributed by atoms with Crippen molar-refractivity contribution in [3.63, 3.8) is 0 Å². The predicted octanol–water partition coefficient (Wildman–Crippen LogP) is 4.65. The average Bonchev–Trinajstić information content (AvgIpc) is 3.38. The Morgan fingerprint density at radius 3 is 2.56 bits per heavy atom. The Labute approximate surface area is 208 Å². The Kier molecular flexibility index (Phi) is 5.70. The first-order chi connectivity index (χ1) is 16.3. The molecule has 2 amide bonds. The van der Waals surface area contributed by atoms with Gasteiger partial charge in [-0.1, -0.05) is 59.3 Å². The first-order valence-corrected chi connectivity index (χ1v) is 13.3. The number of halogens is 1. The molecule has 0 fully saturated rings. The standard InChI is InChI=1S/C23H17BrN4O4S2/c1-13(14-6-3-2-4-7-14)12-28-22(29)16-10-15(24)11-18(20(16)23(28)30)27-34(31,32)19-9-5-8-17-21(19)26-33-25-17/h2-11,13,27H,12H2,1H3. The van der Waals surface area contributed by atoms with Crippen LogP contribution in [0.25, 0.3) is 11.0 Å². The highest BCUT2D eigenvalue weighted by Crippen LogP contribution is 2.35. The molecule has 34 heavy (non-hydrogen) atoms. The van der Waals surface area contributed by atoms with Crippen LogP contribution >= 0.6 is 27.7 Å². The monoisotopic (exact) mass is 556 g/mol. The topological polar surface area (TPSA) is 109 Å². The summed E-state index contributed by atoms with van der Waals surface area (Å²) in [4.78, 5) is 27.6. The number of aromatic nitrogens is 2. The zero-order valence-corrected chi connectivity index (χ0v) is 20.9. The molecule has 1 atom stereocenters. The molecule has 1 aromatic heterocycles. The van der Waals surface area contributed by atoms with Crippen LogP contribution in [0.3, 0.4) is 0 Å². The lowest BCUT2D eigenvalue weighted by Gasteiger charge is -2.19. The highest BCUT2D eigenvalue weighted by atomic mass is 79.9. The van der Waals surface area contributed by atoms with Crippen LogP contribution in [0.15, 0.2) is 70.0 Å². The summed E-state index contributed by atoms with van der Waals surface area (Å²) in [6.07, 6.45) is 0. The fourth-order valence-electron chi connectivity index (χ4n) is 3.98. The van der Waals surface area contributed by atoms with Gasteiger partial charge in [-0.15, -0.1) is 0 Å². The number of amides is 2. The van der Waals surface area contributed by atoms with Gasteiger partial charge in [0, 0.05) is 11.0 Å². The van der Waals surface area contributed by atoms with E-state index in [1.54, 1.807) is 12.1 Å². The summed E-state index contributed by atoms with van der Waals surface area (Å²) in [6, 6.07) is 17.2. The van der Waals surface area contributed by atoms with Gasteiger partial charge < -0.3 is 0 Å². The van der Waals surface area contributed by atoms with E-state index >= 15 is 0 Å². The van der Waals surface area contributed by atoms with Crippen molar-refractivity contribution in [3.05, 3.63) is 81.8 Å². The van der Waals surface area contributed by atoms with Crippen molar-refractivity contribution in [2.75, 3.05) is 11.3 Å². The molecule has 1 aliphatic heterocycles. The van der Waals surface area contributed by atoms with E-state index in [4.69, 9.17) is 0 Å². The van der Waals surface area contributed by atoms with Crippen molar-refractivity contribution in [3.8, 4) is 0 Å². The van der Waals surface area contributed by atoms with Crippen LogP contribution in [0, 0.1) is 0 Å². The van der Waals surface area contributed by atoms with E-state index in [9.17, 15) is 18.0 Å². The molecule has 0 aliphatic carbocycles. The second-order valence-electron chi connectivity index (χ2n) is 7.90. The summed E-state index contributed by atoms with van der Waals surface area (Å²) in [5.41, 5.74) is 1.89. The largest absolute Gasteiger partial charge is 0.279 e. The molecule has 8 nitrogen and oxygen atoms in total. The molecule has 11 heteroatoms. The van der Waals surface area contributed by atoms with Crippen LogP contribution in [-0.2, 0) is 10.0 Å². The molecular weight excluding hydrogens is 540 g/mol. The molecule has 1 aliphatic rings. The Morgan fingerprint density at radius 1 is 1.03 bits per heavy atom. The fraction of sp³-hybridized carbons (Fsp3) is 0.130. The van der Waals surface area contributed by atoms with E-state index in [1.165, 1.54) is 18.2 Å².